The van der Waals surface area contributed by atoms with Crippen LogP contribution in [-0.4, -0.2) is 81.9 Å². The fraction of sp³-hybridized carbons (Fsp3) is 1.00. The molecule has 2 atom stereocenters. The number of aliphatic hydroxyl groups is 1. The van der Waals surface area contributed by atoms with Gasteiger partial charge in [0, 0.05) is 0 Å². The third kappa shape index (κ3) is 5.80. The highest BCUT2D eigenvalue weighted by Gasteiger charge is 2.48. The Morgan fingerprint density at radius 3 is 2.00 bits per heavy atom. The maximum Gasteiger partial charge on any atom is 0.217 e. The summed E-state index contributed by atoms with van der Waals surface area (Å²) in [5.74, 6) is 0.135. The Balaban J connectivity index is 0.000000315. The van der Waals surface area contributed by atoms with Crippen LogP contribution in [0.25, 0.3) is 0 Å². The summed E-state index contributed by atoms with van der Waals surface area (Å²) in [7, 11) is -4.51. The smallest absolute Gasteiger partial charge is 0.217 e. The number of hydrogen-bond acceptors (Lipinski definition) is 7. The van der Waals surface area contributed by atoms with Gasteiger partial charge in [0.15, 0.2) is 9.84 Å². The number of sulfone groups is 1. The maximum atomic E-state index is 11.5. The number of quaternary nitrogens is 1. The van der Waals surface area contributed by atoms with Gasteiger partial charge in [-0.25, -0.2) is 16.8 Å². The highest BCUT2D eigenvalue weighted by molar-refractivity contribution is 7.91. The van der Waals surface area contributed by atoms with E-state index in [4.69, 9.17) is 0 Å². The van der Waals surface area contributed by atoms with Crippen LogP contribution in [0.15, 0.2) is 0 Å². The zero-order valence-corrected chi connectivity index (χ0v) is 13.9. The number of aliphatic hydroxyl groups excluding tert-OH is 1. The molecule has 0 aliphatic carbocycles. The van der Waals surface area contributed by atoms with Crippen molar-refractivity contribution in [3.05, 3.63) is 0 Å². The minimum absolute atomic E-state index is 0.0362. The Kier molecular flexibility index (Phi) is 6.16. The lowest BCUT2D eigenvalue weighted by molar-refractivity contribution is -0.937. The molecule has 2 rings (SSSR count). The second kappa shape index (κ2) is 6.88. The molecule has 0 spiro atoms. The van der Waals surface area contributed by atoms with Crippen LogP contribution < -0.4 is 0 Å². The van der Waals surface area contributed by atoms with E-state index in [0.29, 0.717) is 0 Å². The third-order valence-electron chi connectivity index (χ3n) is 4.14. The van der Waals surface area contributed by atoms with Crippen LogP contribution in [0.5, 0.6) is 0 Å². The Bertz CT molecular complexity index is 537. The number of piperidine rings is 1. The highest BCUT2D eigenvalue weighted by atomic mass is 32.3. The summed E-state index contributed by atoms with van der Waals surface area (Å²) < 4.78 is 54.7. The van der Waals surface area contributed by atoms with Gasteiger partial charge in [0.2, 0.25) is 10.4 Å². The van der Waals surface area contributed by atoms with Crippen molar-refractivity contribution in [2.75, 3.05) is 38.8 Å². The lowest BCUT2D eigenvalue weighted by atomic mass is 10.0. The average molecular weight is 345 g/mol. The monoisotopic (exact) mass is 345 g/mol. The summed E-state index contributed by atoms with van der Waals surface area (Å²) in [5, 5.41) is 9.85. The van der Waals surface area contributed by atoms with Gasteiger partial charge >= 0.3 is 0 Å². The Hall–Kier alpha value is -0.260. The molecule has 0 saturated carbocycles. The van der Waals surface area contributed by atoms with Gasteiger partial charge in [-0.1, -0.05) is 0 Å². The van der Waals surface area contributed by atoms with Gasteiger partial charge in [-0.3, -0.25) is 4.18 Å². The van der Waals surface area contributed by atoms with E-state index in [1.54, 1.807) is 0 Å². The molecule has 2 saturated heterocycles. The van der Waals surface area contributed by atoms with Crippen molar-refractivity contribution in [3.8, 4) is 0 Å². The molecule has 2 fully saturated rings. The van der Waals surface area contributed by atoms with E-state index >= 15 is 0 Å². The number of nitrogens with zero attached hydrogens (tertiary/aromatic N) is 1. The predicted octanol–water partition coefficient (Wildman–Crippen LogP) is -1.13. The molecule has 126 valence electrons. The molecule has 8 nitrogen and oxygen atoms in total. The van der Waals surface area contributed by atoms with E-state index in [-0.39, 0.29) is 17.5 Å². The van der Waals surface area contributed by atoms with Crippen LogP contribution in [0.2, 0.25) is 0 Å². The molecule has 1 N–H and O–H groups in total. The van der Waals surface area contributed by atoms with Crippen molar-refractivity contribution in [1.29, 1.82) is 0 Å². The molecular weight excluding hydrogens is 322 g/mol. The average Bonchev–Trinajstić information content (AvgIpc) is 2.64. The van der Waals surface area contributed by atoms with Gasteiger partial charge in [-0.15, -0.1) is 0 Å². The highest BCUT2D eigenvalue weighted by Crippen LogP contribution is 2.27. The Morgan fingerprint density at radius 2 is 1.67 bits per heavy atom. The lowest BCUT2D eigenvalue weighted by Crippen LogP contribution is -2.59. The lowest BCUT2D eigenvalue weighted by Gasteiger charge is -2.43. The number of rotatable bonds is 2. The van der Waals surface area contributed by atoms with Crippen LogP contribution in [0.4, 0.5) is 0 Å². The van der Waals surface area contributed by atoms with Crippen molar-refractivity contribution >= 4 is 20.2 Å². The van der Waals surface area contributed by atoms with Crippen LogP contribution in [-0.2, 0) is 24.4 Å². The summed E-state index contributed by atoms with van der Waals surface area (Å²) >= 11 is 0. The zero-order valence-electron chi connectivity index (χ0n) is 12.3. The Morgan fingerprint density at radius 1 is 1.19 bits per heavy atom. The fourth-order valence-electron chi connectivity index (χ4n) is 2.97. The molecule has 0 bridgehead atoms. The number of hydrogen-bond donors (Lipinski definition) is 1. The van der Waals surface area contributed by atoms with Crippen LogP contribution >= 0.6 is 0 Å². The van der Waals surface area contributed by atoms with Gasteiger partial charge in [0.05, 0.1) is 33.0 Å². The van der Waals surface area contributed by atoms with E-state index in [1.165, 1.54) is 6.42 Å². The molecular formula is C11H23NO7S2. The van der Waals surface area contributed by atoms with Crippen molar-refractivity contribution in [3.63, 3.8) is 0 Å². The molecule has 0 aromatic heterocycles. The van der Waals surface area contributed by atoms with E-state index < -0.39 is 26.3 Å². The second-order valence-corrected chi connectivity index (χ2v) is 9.08. The molecule has 0 aromatic rings. The van der Waals surface area contributed by atoms with Crippen molar-refractivity contribution < 1.29 is 35.2 Å². The standard InChI is InChI=1S/C10H20NO3S.CH4O4S/c1-11(5-3-2-4-6-11)9-7-15(13,14)8-10(9)12;1-5-6(2,3)4/h9-10,12H,2-8H2,1H3;1H3,(H,2,3,4)/q+1;/p-1. The predicted molar refractivity (Wildman–Crippen MR) is 74.9 cm³/mol. The van der Waals surface area contributed by atoms with E-state index in [9.17, 15) is 26.5 Å². The van der Waals surface area contributed by atoms with E-state index in [0.717, 1.165) is 37.5 Å². The first kappa shape index (κ1) is 18.8. The zero-order chi connectivity index (χ0) is 16.3. The van der Waals surface area contributed by atoms with Crippen LogP contribution in [0.3, 0.4) is 0 Å². The van der Waals surface area contributed by atoms with Crippen molar-refractivity contribution in [2.45, 2.75) is 31.4 Å². The van der Waals surface area contributed by atoms with Gasteiger partial charge < -0.3 is 14.1 Å². The molecule has 0 aromatic carbocycles. The van der Waals surface area contributed by atoms with Crippen molar-refractivity contribution in [2.24, 2.45) is 0 Å². The van der Waals surface area contributed by atoms with Gasteiger partial charge in [-0.2, -0.15) is 0 Å². The summed E-state index contributed by atoms with van der Waals surface area (Å²) in [6, 6.07) is -0.0877. The minimum atomic E-state index is -4.41. The largest absolute Gasteiger partial charge is 0.726 e. The molecule has 21 heavy (non-hydrogen) atoms. The first-order valence-corrected chi connectivity index (χ1v) is 9.89. The molecule has 10 heteroatoms. The first-order chi connectivity index (χ1) is 9.49. The van der Waals surface area contributed by atoms with Gasteiger partial charge in [-0.05, 0) is 19.3 Å². The summed E-state index contributed by atoms with van der Waals surface area (Å²) in [6.07, 6.45) is 2.89. The van der Waals surface area contributed by atoms with Crippen LogP contribution in [0.1, 0.15) is 19.3 Å². The molecule has 0 amide bonds. The van der Waals surface area contributed by atoms with Crippen LogP contribution in [0, 0.1) is 0 Å². The quantitative estimate of drug-likeness (QED) is 0.382. The first-order valence-electron chi connectivity index (χ1n) is 6.73. The molecule has 2 unspecified atom stereocenters. The summed E-state index contributed by atoms with van der Waals surface area (Å²) in [6.45, 7) is 2.02. The Labute approximate surface area is 126 Å². The minimum Gasteiger partial charge on any atom is -0.726 e. The molecule has 0 radical (unpaired) electrons. The fourth-order valence-corrected chi connectivity index (χ4v) is 4.95. The number of likely N-dealkylation sites (tertiary alicyclic amines) is 1. The van der Waals surface area contributed by atoms with E-state index in [1.807, 2.05) is 0 Å². The van der Waals surface area contributed by atoms with Crippen molar-refractivity contribution in [1.82, 2.24) is 0 Å². The molecule has 2 aliphatic rings. The SMILES string of the molecule is COS(=O)(=O)[O-].C[N+]1(C2CS(=O)(=O)CC2O)CCCCC1. The maximum absolute atomic E-state index is 11.5. The second-order valence-electron chi connectivity index (χ2n) is 5.77. The van der Waals surface area contributed by atoms with E-state index in [2.05, 4.69) is 11.2 Å². The molecule has 2 aliphatic heterocycles. The summed E-state index contributed by atoms with van der Waals surface area (Å²) in [4.78, 5) is 0. The van der Waals surface area contributed by atoms with Gasteiger partial charge in [0.1, 0.15) is 17.9 Å². The van der Waals surface area contributed by atoms with Gasteiger partial charge in [0.25, 0.3) is 0 Å². The normalized spacial score (nSPS) is 31.2. The molecule has 2 heterocycles. The number of likely N-dealkylation sites (N-methyl/N-ethyl adjacent to an activating group) is 1. The topological polar surface area (TPSA) is 121 Å². The summed E-state index contributed by atoms with van der Waals surface area (Å²) in [5.41, 5.74) is 0. The third-order valence-corrected chi connectivity index (χ3v) is 6.24.